The van der Waals surface area contributed by atoms with Crippen LogP contribution in [-0.2, 0) is 6.42 Å². The first-order valence-corrected chi connectivity index (χ1v) is 8.36. The third-order valence-electron chi connectivity index (χ3n) is 3.83. The van der Waals surface area contributed by atoms with E-state index in [1.54, 1.807) is 18.2 Å². The molecule has 0 aliphatic heterocycles. The Morgan fingerprint density at radius 2 is 1.89 bits per heavy atom. The number of carbonyl (C=O) groups is 1. The van der Waals surface area contributed by atoms with Gasteiger partial charge in [-0.05, 0) is 35.8 Å². The zero-order chi connectivity index (χ0) is 19.8. The summed E-state index contributed by atoms with van der Waals surface area (Å²) in [5.41, 5.74) is 1.77. The van der Waals surface area contributed by atoms with Crippen LogP contribution in [0.4, 0.5) is 8.78 Å². The monoisotopic (exact) mass is 371 g/mol. The first-order chi connectivity index (χ1) is 13.0. The molecular formula is C21H19F2NO3. The summed E-state index contributed by atoms with van der Waals surface area (Å²) in [5.74, 6) is -0.480. The third-order valence-corrected chi connectivity index (χ3v) is 3.83. The maximum Gasteiger partial charge on any atom is 0.387 e. The van der Waals surface area contributed by atoms with Crippen molar-refractivity contribution in [1.29, 1.82) is 5.26 Å². The van der Waals surface area contributed by atoms with Crippen LogP contribution in [0.25, 0.3) is 6.08 Å². The highest BCUT2D eigenvalue weighted by atomic mass is 19.3. The molecule has 0 aliphatic rings. The smallest absolute Gasteiger partial charge is 0.387 e. The molecule has 2 rings (SSSR count). The van der Waals surface area contributed by atoms with Crippen molar-refractivity contribution in [2.75, 3.05) is 7.11 Å². The first kappa shape index (κ1) is 20.1. The van der Waals surface area contributed by atoms with E-state index in [2.05, 4.69) is 11.7 Å². The number of nitrogens with zero attached hydrogens (tertiary/aromatic N) is 1. The van der Waals surface area contributed by atoms with Crippen molar-refractivity contribution in [3.63, 3.8) is 0 Å². The minimum atomic E-state index is -3.02. The normalized spacial score (nSPS) is 11.2. The number of ether oxygens (including phenoxy) is 2. The van der Waals surface area contributed by atoms with Crippen molar-refractivity contribution in [3.8, 4) is 17.6 Å². The molecule has 4 nitrogen and oxygen atoms in total. The van der Waals surface area contributed by atoms with E-state index < -0.39 is 12.4 Å². The highest BCUT2D eigenvalue weighted by Crippen LogP contribution is 2.30. The Morgan fingerprint density at radius 3 is 2.44 bits per heavy atom. The van der Waals surface area contributed by atoms with Crippen LogP contribution < -0.4 is 9.47 Å². The van der Waals surface area contributed by atoms with Crippen LogP contribution in [0, 0.1) is 11.3 Å². The lowest BCUT2D eigenvalue weighted by atomic mass is 10.00. The van der Waals surface area contributed by atoms with E-state index in [4.69, 9.17) is 4.74 Å². The summed E-state index contributed by atoms with van der Waals surface area (Å²) in [6.07, 6.45) is 3.24. The van der Waals surface area contributed by atoms with Crippen LogP contribution in [0.1, 0.15) is 34.8 Å². The van der Waals surface area contributed by atoms with E-state index in [0.29, 0.717) is 11.1 Å². The van der Waals surface area contributed by atoms with Gasteiger partial charge in [-0.15, -0.1) is 0 Å². The fourth-order valence-electron chi connectivity index (χ4n) is 2.55. The zero-order valence-electron chi connectivity index (χ0n) is 15.0. The first-order valence-electron chi connectivity index (χ1n) is 8.36. The molecule has 0 N–H and O–H groups in total. The number of hydrogen-bond acceptors (Lipinski definition) is 4. The molecule has 0 saturated heterocycles. The summed E-state index contributed by atoms with van der Waals surface area (Å²) >= 11 is 0. The summed E-state index contributed by atoms with van der Waals surface area (Å²) in [6.45, 7) is -0.951. The largest absolute Gasteiger partial charge is 0.493 e. The van der Waals surface area contributed by atoms with E-state index in [1.807, 2.05) is 18.2 Å². The number of nitriles is 1. The van der Waals surface area contributed by atoms with E-state index in [1.165, 1.54) is 25.3 Å². The van der Waals surface area contributed by atoms with Crippen LogP contribution in [-0.4, -0.2) is 19.5 Å². The van der Waals surface area contributed by atoms with Gasteiger partial charge in [0, 0.05) is 5.56 Å². The Bertz CT molecular complexity index is 868. The van der Waals surface area contributed by atoms with Crippen LogP contribution in [0.5, 0.6) is 11.5 Å². The van der Waals surface area contributed by atoms with Crippen LogP contribution in [0.3, 0.4) is 0 Å². The standard InChI is InChI=1S/C21H19F2NO3/c1-3-4-14-5-8-16(9-6-14)20(25)17(13-24)11-15-7-10-18(26-2)19(12-15)27-21(22)23/h5-12,21H,3-4H2,1-2H3/b17-11+. The Balaban J connectivity index is 2.31. The molecule has 0 aliphatic carbocycles. The van der Waals surface area contributed by atoms with Crippen LogP contribution in [0.15, 0.2) is 48.0 Å². The molecule has 0 spiro atoms. The van der Waals surface area contributed by atoms with E-state index in [9.17, 15) is 18.8 Å². The van der Waals surface area contributed by atoms with Crippen molar-refractivity contribution >= 4 is 11.9 Å². The number of Topliss-reactive ketones (excluding diaryl/α,β-unsaturated/α-hetero) is 1. The van der Waals surface area contributed by atoms with Crippen LogP contribution in [0.2, 0.25) is 0 Å². The fraction of sp³-hybridized carbons (Fsp3) is 0.238. The predicted molar refractivity (Wildman–Crippen MR) is 98.0 cm³/mol. The predicted octanol–water partition coefficient (Wildman–Crippen LogP) is 5.04. The van der Waals surface area contributed by atoms with Gasteiger partial charge in [0.25, 0.3) is 0 Å². The second kappa shape index (κ2) is 9.48. The lowest BCUT2D eigenvalue weighted by Crippen LogP contribution is -2.04. The molecule has 0 unspecified atom stereocenters. The third kappa shape index (κ3) is 5.38. The van der Waals surface area contributed by atoms with Crippen molar-refractivity contribution in [2.24, 2.45) is 0 Å². The van der Waals surface area contributed by atoms with Gasteiger partial charge in [0.2, 0.25) is 5.78 Å². The molecule has 0 heterocycles. The van der Waals surface area contributed by atoms with Gasteiger partial charge in [0.15, 0.2) is 11.5 Å². The van der Waals surface area contributed by atoms with E-state index in [0.717, 1.165) is 18.4 Å². The number of benzene rings is 2. The number of allylic oxidation sites excluding steroid dienone is 1. The van der Waals surface area contributed by atoms with Crippen molar-refractivity contribution in [1.82, 2.24) is 0 Å². The Labute approximate surface area is 156 Å². The lowest BCUT2D eigenvalue weighted by Gasteiger charge is -2.10. The molecule has 0 aromatic heterocycles. The zero-order valence-corrected chi connectivity index (χ0v) is 15.0. The highest BCUT2D eigenvalue weighted by molar-refractivity contribution is 6.14. The minimum Gasteiger partial charge on any atom is -0.493 e. The number of rotatable bonds is 8. The molecule has 140 valence electrons. The number of carbonyl (C=O) groups excluding carboxylic acids is 1. The van der Waals surface area contributed by atoms with Crippen molar-refractivity contribution in [3.05, 3.63) is 64.7 Å². The molecule has 0 atom stereocenters. The Kier molecular flexibility index (Phi) is 7.07. The summed E-state index contributed by atoms with van der Waals surface area (Å²) in [7, 11) is 1.33. The highest BCUT2D eigenvalue weighted by Gasteiger charge is 2.14. The number of alkyl halides is 2. The number of ketones is 1. The average molecular weight is 371 g/mol. The second-order valence-corrected chi connectivity index (χ2v) is 5.73. The van der Waals surface area contributed by atoms with Crippen LogP contribution >= 0.6 is 0 Å². The summed E-state index contributed by atoms with van der Waals surface area (Å²) < 4.78 is 34.5. The molecule has 0 fully saturated rings. The summed E-state index contributed by atoms with van der Waals surface area (Å²) in [4.78, 5) is 12.6. The Hall–Kier alpha value is -3.20. The summed E-state index contributed by atoms with van der Waals surface area (Å²) in [5, 5.41) is 9.36. The van der Waals surface area contributed by atoms with Gasteiger partial charge in [-0.1, -0.05) is 43.7 Å². The molecule has 2 aromatic rings. The molecule has 0 amide bonds. The van der Waals surface area contributed by atoms with E-state index in [-0.39, 0.29) is 17.1 Å². The average Bonchev–Trinajstić information content (AvgIpc) is 2.66. The molecular weight excluding hydrogens is 352 g/mol. The van der Waals surface area contributed by atoms with Gasteiger partial charge in [-0.2, -0.15) is 14.0 Å². The number of halogens is 2. The number of aryl methyl sites for hydroxylation is 1. The molecule has 6 heteroatoms. The number of methoxy groups -OCH3 is 1. The SMILES string of the molecule is CCCc1ccc(C(=O)/C(C#N)=C/c2ccc(OC)c(OC(F)F)c2)cc1. The summed E-state index contributed by atoms with van der Waals surface area (Å²) in [6, 6.07) is 13.2. The lowest BCUT2D eigenvalue weighted by molar-refractivity contribution is -0.0512. The quantitative estimate of drug-likeness (QED) is 0.371. The molecule has 2 aromatic carbocycles. The molecule has 0 radical (unpaired) electrons. The van der Waals surface area contributed by atoms with Gasteiger partial charge < -0.3 is 9.47 Å². The van der Waals surface area contributed by atoms with E-state index >= 15 is 0 Å². The van der Waals surface area contributed by atoms with Gasteiger partial charge in [-0.25, -0.2) is 0 Å². The topological polar surface area (TPSA) is 59.3 Å². The van der Waals surface area contributed by atoms with Crippen molar-refractivity contribution < 1.29 is 23.0 Å². The van der Waals surface area contributed by atoms with Gasteiger partial charge in [-0.3, -0.25) is 4.79 Å². The second-order valence-electron chi connectivity index (χ2n) is 5.73. The minimum absolute atomic E-state index is 0.105. The molecule has 27 heavy (non-hydrogen) atoms. The molecule has 0 bridgehead atoms. The van der Waals surface area contributed by atoms with Gasteiger partial charge in [0.05, 0.1) is 7.11 Å². The number of hydrogen-bond donors (Lipinski definition) is 0. The van der Waals surface area contributed by atoms with Gasteiger partial charge in [0.1, 0.15) is 11.6 Å². The Morgan fingerprint density at radius 1 is 1.19 bits per heavy atom. The fourth-order valence-corrected chi connectivity index (χ4v) is 2.55. The maximum atomic E-state index is 12.6. The van der Waals surface area contributed by atoms with Gasteiger partial charge >= 0.3 is 6.61 Å². The molecule has 0 saturated carbocycles. The maximum absolute atomic E-state index is 12.6. The van der Waals surface area contributed by atoms with Crippen molar-refractivity contribution in [2.45, 2.75) is 26.4 Å².